The van der Waals surface area contributed by atoms with Gasteiger partial charge in [0.05, 0.1) is 19.6 Å². The zero-order valence-corrected chi connectivity index (χ0v) is 38.1. The first-order chi connectivity index (χ1) is 30.3. The number of benzene rings is 4. The number of anilines is 3. The SMILES string of the molecule is CCCCCCCCC1NCc2c(C)c(CC(=O)O)c(C)c(NC(=O)C(C)(C)C)c21.COc1ccc(C(N[C@H](C)c2cc(F)cc(F)c2)c2cccc(Nc3c(O)c(=O)c3=O)c2)cc1. The number of hydrogen-bond donors (Lipinski definition) is 6. The number of methoxy groups -OCH3 is 1. The van der Waals surface area contributed by atoms with E-state index in [0.29, 0.717) is 17.0 Å². The van der Waals surface area contributed by atoms with Gasteiger partial charge in [0.25, 0.3) is 10.9 Å². The lowest BCUT2D eigenvalue weighted by molar-refractivity contribution is -0.136. The van der Waals surface area contributed by atoms with Crippen LogP contribution in [0.4, 0.5) is 25.8 Å². The van der Waals surface area contributed by atoms with Crippen LogP contribution in [0.3, 0.4) is 0 Å². The number of rotatable bonds is 18. The molecule has 0 saturated heterocycles. The summed E-state index contributed by atoms with van der Waals surface area (Å²) in [5, 5.41) is 32.1. The van der Waals surface area contributed by atoms with Crippen molar-refractivity contribution >= 4 is 28.9 Å². The Morgan fingerprint density at radius 3 is 2.12 bits per heavy atom. The van der Waals surface area contributed by atoms with Gasteiger partial charge in [-0.05, 0) is 108 Å². The standard InChI is InChI=1S/C26H22F2N2O4.C25H40N2O3/c1-14(17-10-18(27)13-19(28)11-17)29-22(15-6-8-21(34-2)9-7-15)16-4-3-5-20(12-16)30-23-24(31)26(33)25(23)32;1-7-8-9-10-11-12-13-20-22-19(15-26-20)16(2)18(14-21(28)29)17(3)23(22)27-24(30)25(4,5)6/h3-14,22,29-31H,1-2H3;20,26H,7-15H2,1-6H3,(H,27,30)(H,28,29)/t14-,22?;/m1./s1. The molecule has 342 valence electrons. The Kier molecular flexibility index (Phi) is 16.6. The third-order valence-corrected chi connectivity index (χ3v) is 11.9. The molecule has 11 nitrogen and oxygen atoms in total. The van der Waals surface area contributed by atoms with E-state index in [1.165, 1.54) is 49.8 Å². The number of amides is 1. The Labute approximate surface area is 374 Å². The van der Waals surface area contributed by atoms with E-state index in [1.807, 2.05) is 52.8 Å². The molecule has 6 rings (SSSR count). The Balaban J connectivity index is 0.000000243. The summed E-state index contributed by atoms with van der Waals surface area (Å²) in [7, 11) is 1.57. The van der Waals surface area contributed by atoms with Crippen molar-refractivity contribution in [3.63, 3.8) is 0 Å². The molecule has 2 unspecified atom stereocenters. The maximum absolute atomic E-state index is 13.8. The number of fused-ring (bicyclic) bond motifs is 1. The zero-order valence-electron chi connectivity index (χ0n) is 38.1. The number of nitrogens with one attached hydrogen (secondary N) is 4. The Morgan fingerprint density at radius 2 is 1.52 bits per heavy atom. The normalized spacial score (nSPS) is 14.3. The first kappa shape index (κ1) is 49.1. The molecule has 0 aromatic heterocycles. The second-order valence-electron chi connectivity index (χ2n) is 17.7. The van der Waals surface area contributed by atoms with Gasteiger partial charge in [-0.25, -0.2) is 8.78 Å². The van der Waals surface area contributed by atoms with Crippen LogP contribution in [0.15, 0.2) is 76.3 Å². The van der Waals surface area contributed by atoms with E-state index in [2.05, 4.69) is 28.2 Å². The molecule has 1 aliphatic rings. The van der Waals surface area contributed by atoms with Crippen molar-refractivity contribution < 1.29 is 33.3 Å². The minimum absolute atomic E-state index is 0.0224. The molecule has 0 fully saturated rings. The second kappa shape index (κ2) is 21.6. The van der Waals surface area contributed by atoms with Crippen LogP contribution < -0.4 is 36.9 Å². The van der Waals surface area contributed by atoms with Crippen LogP contribution in [0, 0.1) is 30.9 Å². The summed E-state index contributed by atoms with van der Waals surface area (Å²) < 4.78 is 32.8. The first-order valence-corrected chi connectivity index (χ1v) is 22.0. The van der Waals surface area contributed by atoms with Gasteiger partial charge < -0.3 is 30.9 Å². The molecular weight excluding hydrogens is 819 g/mol. The summed E-state index contributed by atoms with van der Waals surface area (Å²) in [6, 6.07) is 17.2. The molecule has 0 spiro atoms. The van der Waals surface area contributed by atoms with Crippen molar-refractivity contribution in [2.75, 3.05) is 17.7 Å². The van der Waals surface area contributed by atoms with Crippen LogP contribution in [0.2, 0.25) is 0 Å². The van der Waals surface area contributed by atoms with Gasteiger partial charge in [-0.15, -0.1) is 0 Å². The lowest BCUT2D eigenvalue weighted by Gasteiger charge is -2.25. The Morgan fingerprint density at radius 1 is 0.859 bits per heavy atom. The summed E-state index contributed by atoms with van der Waals surface area (Å²) in [4.78, 5) is 47.3. The van der Waals surface area contributed by atoms with E-state index in [-0.39, 0.29) is 24.1 Å². The van der Waals surface area contributed by atoms with Crippen molar-refractivity contribution in [2.45, 2.75) is 125 Å². The maximum atomic E-state index is 13.8. The van der Waals surface area contributed by atoms with Crippen molar-refractivity contribution in [3.05, 3.63) is 143 Å². The number of aromatic hydroxyl groups is 1. The summed E-state index contributed by atoms with van der Waals surface area (Å²) in [5.74, 6) is -2.13. The topological polar surface area (TPSA) is 166 Å². The fourth-order valence-corrected chi connectivity index (χ4v) is 8.15. The number of carboxylic acid groups (broad SMARTS) is 1. The van der Waals surface area contributed by atoms with Gasteiger partial charge >= 0.3 is 5.97 Å². The fourth-order valence-electron chi connectivity index (χ4n) is 8.15. The molecule has 3 atom stereocenters. The number of carbonyl (C=O) groups is 2. The fraction of sp³-hybridized carbons (Fsp3) is 0.412. The molecule has 0 radical (unpaired) electrons. The predicted molar refractivity (Wildman–Crippen MR) is 248 cm³/mol. The first-order valence-electron chi connectivity index (χ1n) is 22.0. The van der Waals surface area contributed by atoms with E-state index in [1.54, 1.807) is 44.4 Å². The van der Waals surface area contributed by atoms with Crippen LogP contribution >= 0.6 is 0 Å². The highest BCUT2D eigenvalue weighted by Gasteiger charge is 2.32. The molecule has 13 heteroatoms. The highest BCUT2D eigenvalue weighted by Crippen LogP contribution is 2.42. The van der Waals surface area contributed by atoms with Crippen LogP contribution in [-0.4, -0.2) is 29.2 Å². The van der Waals surface area contributed by atoms with Gasteiger partial charge in [-0.1, -0.05) is 90.5 Å². The zero-order chi connectivity index (χ0) is 46.9. The van der Waals surface area contributed by atoms with Gasteiger partial charge in [0.15, 0.2) is 5.75 Å². The van der Waals surface area contributed by atoms with Gasteiger partial charge in [-0.3, -0.25) is 24.5 Å². The van der Waals surface area contributed by atoms with Crippen LogP contribution in [-0.2, 0) is 22.6 Å². The summed E-state index contributed by atoms with van der Waals surface area (Å²) in [6.07, 6.45) is 8.53. The highest BCUT2D eigenvalue weighted by molar-refractivity contribution is 5.97. The van der Waals surface area contributed by atoms with E-state index >= 15 is 0 Å². The number of carboxylic acids is 1. The largest absolute Gasteiger partial charge is 0.502 e. The lowest BCUT2D eigenvalue weighted by atomic mass is 9.86. The maximum Gasteiger partial charge on any atom is 0.307 e. The molecule has 5 aromatic carbocycles. The minimum Gasteiger partial charge on any atom is -0.502 e. The molecule has 64 heavy (non-hydrogen) atoms. The summed E-state index contributed by atoms with van der Waals surface area (Å²) in [5.41, 5.74) is 6.13. The molecule has 0 aliphatic carbocycles. The van der Waals surface area contributed by atoms with Gasteiger partial charge in [0, 0.05) is 41.5 Å². The van der Waals surface area contributed by atoms with Gasteiger partial charge in [0.2, 0.25) is 5.91 Å². The van der Waals surface area contributed by atoms with E-state index < -0.39 is 51.7 Å². The number of carbonyl (C=O) groups excluding carboxylic acids is 1. The number of unbranched alkanes of at least 4 members (excludes halogenated alkanes) is 5. The third-order valence-electron chi connectivity index (χ3n) is 11.9. The smallest absolute Gasteiger partial charge is 0.307 e. The third kappa shape index (κ3) is 12.0. The van der Waals surface area contributed by atoms with Crippen molar-refractivity contribution in [3.8, 4) is 11.5 Å². The summed E-state index contributed by atoms with van der Waals surface area (Å²) >= 11 is 0. The van der Waals surface area contributed by atoms with Crippen molar-refractivity contribution in [2.24, 2.45) is 5.41 Å². The van der Waals surface area contributed by atoms with E-state index in [9.17, 15) is 38.2 Å². The average molecular weight is 881 g/mol. The number of halogens is 2. The molecule has 1 aliphatic heterocycles. The van der Waals surface area contributed by atoms with Crippen LogP contribution in [0.1, 0.15) is 142 Å². The average Bonchev–Trinajstić information content (AvgIpc) is 3.69. The number of ether oxygens (including phenoxy) is 1. The van der Waals surface area contributed by atoms with Crippen LogP contribution in [0.5, 0.6) is 11.5 Å². The Hall–Kier alpha value is -5.92. The van der Waals surface area contributed by atoms with Crippen molar-refractivity contribution in [1.29, 1.82) is 0 Å². The minimum atomic E-state index is -0.924. The Bertz CT molecular complexity index is 2490. The number of hydrogen-bond acceptors (Lipinski definition) is 9. The van der Waals surface area contributed by atoms with Crippen molar-refractivity contribution in [1.82, 2.24) is 10.6 Å². The molecule has 1 heterocycles. The second-order valence-corrected chi connectivity index (χ2v) is 17.7. The van der Waals surface area contributed by atoms with Gasteiger partial charge in [-0.2, -0.15) is 0 Å². The quantitative estimate of drug-likeness (QED) is 0.0368. The molecule has 6 N–H and O–H groups in total. The molecule has 0 saturated carbocycles. The molecule has 0 bridgehead atoms. The molecular formula is C51H62F2N4O7. The van der Waals surface area contributed by atoms with E-state index in [4.69, 9.17) is 4.74 Å². The molecule has 5 aromatic rings. The highest BCUT2D eigenvalue weighted by atomic mass is 19.1. The predicted octanol–water partition coefficient (Wildman–Crippen LogP) is 10.3. The summed E-state index contributed by atoms with van der Waals surface area (Å²) in [6.45, 7) is 14.4. The van der Waals surface area contributed by atoms with Gasteiger partial charge in [0.1, 0.15) is 23.1 Å². The van der Waals surface area contributed by atoms with E-state index in [0.717, 1.165) is 64.5 Å². The monoisotopic (exact) mass is 880 g/mol. The van der Waals surface area contributed by atoms with Crippen LogP contribution in [0.25, 0.3) is 0 Å². The number of aliphatic carboxylic acids is 1. The lowest BCUT2D eigenvalue weighted by Crippen LogP contribution is -2.32. The molecule has 1 amide bonds.